The SMILES string of the molecule is CCN(CC)C(=O)c1ccc(C(=C2CCNCC2)c2cccc(N[C@@H](C)C3CCCCC3)c2)cc1. The van der Waals surface area contributed by atoms with E-state index in [4.69, 9.17) is 0 Å². The Labute approximate surface area is 212 Å². The van der Waals surface area contributed by atoms with E-state index in [1.807, 2.05) is 30.9 Å². The minimum atomic E-state index is 0.112. The number of amides is 1. The summed E-state index contributed by atoms with van der Waals surface area (Å²) in [6.07, 6.45) is 8.94. The van der Waals surface area contributed by atoms with Crippen LogP contribution in [-0.2, 0) is 0 Å². The lowest BCUT2D eigenvalue weighted by atomic mass is 9.84. The number of hydrogen-bond acceptors (Lipinski definition) is 3. The first-order chi connectivity index (χ1) is 17.1. The highest BCUT2D eigenvalue weighted by molar-refractivity contribution is 5.95. The predicted molar refractivity (Wildman–Crippen MR) is 148 cm³/mol. The third-order valence-corrected chi connectivity index (χ3v) is 7.93. The zero-order chi connectivity index (χ0) is 24.6. The molecule has 2 aromatic rings. The third-order valence-electron chi connectivity index (χ3n) is 7.93. The molecule has 1 heterocycles. The summed E-state index contributed by atoms with van der Waals surface area (Å²) >= 11 is 0. The minimum absolute atomic E-state index is 0.112. The van der Waals surface area contributed by atoms with Crippen molar-refractivity contribution in [3.8, 4) is 0 Å². The van der Waals surface area contributed by atoms with Crippen LogP contribution in [0, 0.1) is 5.92 Å². The predicted octanol–water partition coefficient (Wildman–Crippen LogP) is 6.73. The maximum absolute atomic E-state index is 12.8. The van der Waals surface area contributed by atoms with Crippen LogP contribution < -0.4 is 10.6 Å². The van der Waals surface area contributed by atoms with Gasteiger partial charge in [0.05, 0.1) is 0 Å². The highest BCUT2D eigenvalue weighted by Crippen LogP contribution is 2.34. The third kappa shape index (κ3) is 6.35. The van der Waals surface area contributed by atoms with E-state index in [2.05, 4.69) is 54.0 Å². The summed E-state index contributed by atoms with van der Waals surface area (Å²) in [5, 5.41) is 7.32. The Morgan fingerprint density at radius 2 is 1.60 bits per heavy atom. The number of nitrogens with one attached hydrogen (secondary N) is 2. The van der Waals surface area contributed by atoms with Gasteiger partial charge in [0.2, 0.25) is 0 Å². The van der Waals surface area contributed by atoms with E-state index < -0.39 is 0 Å². The molecule has 188 valence electrons. The molecule has 1 aliphatic carbocycles. The molecule has 1 aliphatic heterocycles. The van der Waals surface area contributed by atoms with Crippen molar-refractivity contribution in [1.82, 2.24) is 10.2 Å². The van der Waals surface area contributed by atoms with Crippen molar-refractivity contribution in [1.29, 1.82) is 0 Å². The van der Waals surface area contributed by atoms with Crippen LogP contribution in [0.25, 0.3) is 5.57 Å². The fourth-order valence-electron chi connectivity index (χ4n) is 5.81. The number of benzene rings is 2. The molecule has 1 amide bonds. The second-order valence-corrected chi connectivity index (χ2v) is 10.2. The van der Waals surface area contributed by atoms with Gasteiger partial charge < -0.3 is 15.5 Å². The molecule has 2 aliphatic rings. The summed E-state index contributed by atoms with van der Waals surface area (Å²) in [6.45, 7) is 9.93. The number of hydrogen-bond donors (Lipinski definition) is 2. The molecule has 4 nitrogen and oxygen atoms in total. The number of anilines is 1. The number of carbonyl (C=O) groups excluding carboxylic acids is 1. The summed E-state index contributed by atoms with van der Waals surface area (Å²) in [6, 6.07) is 17.8. The Bertz CT molecular complexity index is 992. The van der Waals surface area contributed by atoms with Gasteiger partial charge in [-0.15, -0.1) is 0 Å². The monoisotopic (exact) mass is 473 g/mol. The van der Waals surface area contributed by atoms with Crippen molar-refractivity contribution in [3.63, 3.8) is 0 Å². The van der Waals surface area contributed by atoms with Crippen LogP contribution in [0.2, 0.25) is 0 Å². The molecule has 0 unspecified atom stereocenters. The molecule has 0 bridgehead atoms. The van der Waals surface area contributed by atoms with Gasteiger partial charge in [-0.05, 0) is 106 Å². The topological polar surface area (TPSA) is 44.4 Å². The van der Waals surface area contributed by atoms with Gasteiger partial charge in [0, 0.05) is 30.4 Å². The Hall–Kier alpha value is -2.59. The smallest absolute Gasteiger partial charge is 0.253 e. The molecule has 1 atom stereocenters. The van der Waals surface area contributed by atoms with E-state index in [0.717, 1.165) is 50.5 Å². The molecular formula is C31H43N3O. The normalized spacial score (nSPS) is 17.6. The van der Waals surface area contributed by atoms with Crippen LogP contribution in [0.3, 0.4) is 0 Å². The highest BCUT2D eigenvalue weighted by Gasteiger charge is 2.21. The van der Waals surface area contributed by atoms with Gasteiger partial charge in [-0.1, -0.05) is 49.1 Å². The van der Waals surface area contributed by atoms with Gasteiger partial charge in [-0.2, -0.15) is 0 Å². The van der Waals surface area contributed by atoms with E-state index in [1.54, 1.807) is 0 Å². The molecule has 4 heteroatoms. The summed E-state index contributed by atoms with van der Waals surface area (Å²) in [4.78, 5) is 14.7. The van der Waals surface area contributed by atoms with Crippen LogP contribution >= 0.6 is 0 Å². The molecule has 0 spiro atoms. The van der Waals surface area contributed by atoms with Gasteiger partial charge >= 0.3 is 0 Å². The van der Waals surface area contributed by atoms with Crippen molar-refractivity contribution in [3.05, 3.63) is 70.8 Å². The van der Waals surface area contributed by atoms with Crippen molar-refractivity contribution in [2.75, 3.05) is 31.5 Å². The van der Waals surface area contributed by atoms with Gasteiger partial charge in [-0.3, -0.25) is 4.79 Å². The Kier molecular flexibility index (Phi) is 9.03. The van der Waals surface area contributed by atoms with Crippen LogP contribution in [0.15, 0.2) is 54.1 Å². The number of nitrogens with zero attached hydrogens (tertiary/aromatic N) is 1. The molecular weight excluding hydrogens is 430 g/mol. The van der Waals surface area contributed by atoms with E-state index in [1.165, 1.54) is 60.1 Å². The lowest BCUT2D eigenvalue weighted by Gasteiger charge is -2.29. The second-order valence-electron chi connectivity index (χ2n) is 10.2. The van der Waals surface area contributed by atoms with Gasteiger partial charge in [0.15, 0.2) is 0 Å². The lowest BCUT2D eigenvalue weighted by molar-refractivity contribution is 0.0773. The standard InChI is InChI=1S/C31H43N3O/c1-4-34(5-2)31(35)27-16-14-25(15-17-27)30(26-18-20-32-21-19-26)28-12-9-13-29(22-28)33-23(3)24-10-7-6-8-11-24/h9,12-17,22-24,32-33H,4-8,10-11,18-21H2,1-3H3/t23-/m0/s1. The molecule has 0 radical (unpaired) electrons. The Morgan fingerprint density at radius 3 is 2.26 bits per heavy atom. The quantitative estimate of drug-likeness (QED) is 0.446. The lowest BCUT2D eigenvalue weighted by Crippen LogP contribution is -2.30. The van der Waals surface area contributed by atoms with Gasteiger partial charge in [-0.25, -0.2) is 0 Å². The van der Waals surface area contributed by atoms with E-state index >= 15 is 0 Å². The highest BCUT2D eigenvalue weighted by atomic mass is 16.2. The van der Waals surface area contributed by atoms with E-state index in [-0.39, 0.29) is 5.91 Å². The van der Waals surface area contributed by atoms with E-state index in [0.29, 0.717) is 6.04 Å². The van der Waals surface area contributed by atoms with Gasteiger partial charge in [0.1, 0.15) is 0 Å². The Morgan fingerprint density at radius 1 is 0.943 bits per heavy atom. The van der Waals surface area contributed by atoms with Crippen molar-refractivity contribution in [2.24, 2.45) is 5.92 Å². The fraction of sp³-hybridized carbons (Fsp3) is 0.516. The summed E-state index contributed by atoms with van der Waals surface area (Å²) in [5.41, 5.74) is 7.29. The average molecular weight is 474 g/mol. The van der Waals surface area contributed by atoms with Crippen molar-refractivity contribution >= 4 is 17.2 Å². The molecule has 2 fully saturated rings. The first-order valence-corrected chi connectivity index (χ1v) is 13.8. The van der Waals surface area contributed by atoms with Gasteiger partial charge in [0.25, 0.3) is 5.91 Å². The zero-order valence-electron chi connectivity index (χ0n) is 21.9. The first-order valence-electron chi connectivity index (χ1n) is 13.8. The maximum atomic E-state index is 12.8. The largest absolute Gasteiger partial charge is 0.382 e. The summed E-state index contributed by atoms with van der Waals surface area (Å²) in [5.74, 6) is 0.881. The molecule has 4 rings (SSSR count). The number of piperidine rings is 1. The molecule has 2 aromatic carbocycles. The molecule has 2 N–H and O–H groups in total. The number of rotatable bonds is 8. The van der Waals surface area contributed by atoms with Crippen LogP contribution in [0.1, 0.15) is 87.2 Å². The second kappa shape index (κ2) is 12.4. The minimum Gasteiger partial charge on any atom is -0.382 e. The zero-order valence-corrected chi connectivity index (χ0v) is 21.9. The Balaban J connectivity index is 1.62. The van der Waals surface area contributed by atoms with Crippen LogP contribution in [-0.4, -0.2) is 43.0 Å². The molecule has 1 saturated heterocycles. The molecule has 35 heavy (non-hydrogen) atoms. The van der Waals surface area contributed by atoms with Crippen LogP contribution in [0.4, 0.5) is 5.69 Å². The molecule has 0 aromatic heterocycles. The summed E-state index contributed by atoms with van der Waals surface area (Å²) in [7, 11) is 0. The average Bonchev–Trinajstić information content (AvgIpc) is 2.91. The number of carbonyl (C=O) groups is 1. The van der Waals surface area contributed by atoms with Crippen LogP contribution in [0.5, 0.6) is 0 Å². The fourth-order valence-corrected chi connectivity index (χ4v) is 5.81. The maximum Gasteiger partial charge on any atom is 0.253 e. The van der Waals surface area contributed by atoms with Crippen molar-refractivity contribution < 1.29 is 4.79 Å². The first kappa shape index (κ1) is 25.5. The van der Waals surface area contributed by atoms with Crippen molar-refractivity contribution in [2.45, 2.75) is 71.8 Å². The summed E-state index contributed by atoms with van der Waals surface area (Å²) < 4.78 is 0. The van der Waals surface area contributed by atoms with E-state index in [9.17, 15) is 4.79 Å². The molecule has 1 saturated carbocycles.